The van der Waals surface area contributed by atoms with Crippen LogP contribution < -0.4 is 15.0 Å². The van der Waals surface area contributed by atoms with Gasteiger partial charge in [-0.05, 0) is 60.4 Å². The Morgan fingerprint density at radius 1 is 1.05 bits per heavy atom. The fraction of sp³-hybridized carbons (Fsp3) is 0.286. The van der Waals surface area contributed by atoms with Crippen LogP contribution in [0.15, 0.2) is 72.8 Å². The first-order chi connectivity index (χ1) is 17.9. The molecule has 0 unspecified atom stereocenters. The van der Waals surface area contributed by atoms with Crippen LogP contribution in [0.4, 0.5) is 10.1 Å². The van der Waals surface area contributed by atoms with Crippen molar-refractivity contribution in [3.05, 3.63) is 84.2 Å². The number of methoxy groups -OCH3 is 1. The van der Waals surface area contributed by atoms with Crippen LogP contribution in [-0.2, 0) is 16.1 Å². The molecular weight excluding hydrogens is 473 g/mol. The Hall–Kier alpha value is -4.27. The molecule has 0 aliphatic rings. The average Bonchev–Trinajstić information content (AvgIpc) is 3.29. The van der Waals surface area contributed by atoms with Crippen molar-refractivity contribution in [1.29, 1.82) is 0 Å². The summed E-state index contributed by atoms with van der Waals surface area (Å²) >= 11 is 0. The van der Waals surface area contributed by atoms with Crippen LogP contribution >= 0.6 is 0 Å². The molecule has 1 heterocycles. The molecule has 192 valence electrons. The van der Waals surface area contributed by atoms with Gasteiger partial charge in [-0.25, -0.2) is 9.07 Å². The van der Waals surface area contributed by atoms with Crippen LogP contribution in [-0.4, -0.2) is 40.5 Å². The van der Waals surface area contributed by atoms with Crippen molar-refractivity contribution in [3.63, 3.8) is 0 Å². The largest absolute Gasteiger partial charge is 0.497 e. The topological polar surface area (TPSA) is 89.4 Å². The van der Waals surface area contributed by atoms with E-state index in [-0.39, 0.29) is 18.1 Å². The number of hydrogen-bond donors (Lipinski definition) is 1. The second-order valence-corrected chi connectivity index (χ2v) is 9.13. The quantitative estimate of drug-likeness (QED) is 0.344. The van der Waals surface area contributed by atoms with Gasteiger partial charge in [0, 0.05) is 12.2 Å². The molecule has 0 spiro atoms. The number of halogens is 1. The minimum absolute atomic E-state index is 0.198. The van der Waals surface area contributed by atoms with Gasteiger partial charge in [-0.3, -0.25) is 14.5 Å². The molecular formula is C28H30FN5O3. The van der Waals surface area contributed by atoms with Crippen LogP contribution in [0, 0.1) is 11.7 Å². The fourth-order valence-electron chi connectivity index (χ4n) is 4.11. The zero-order chi connectivity index (χ0) is 26.4. The lowest BCUT2D eigenvalue weighted by Crippen LogP contribution is -2.45. The summed E-state index contributed by atoms with van der Waals surface area (Å²) in [6.07, 6.45) is 0.773. The van der Waals surface area contributed by atoms with Gasteiger partial charge in [0.2, 0.25) is 11.8 Å². The molecule has 0 aliphatic carbocycles. The van der Waals surface area contributed by atoms with E-state index in [0.717, 1.165) is 6.42 Å². The van der Waals surface area contributed by atoms with Gasteiger partial charge < -0.3 is 10.1 Å². The lowest BCUT2D eigenvalue weighted by atomic mass is 10.0. The Morgan fingerprint density at radius 2 is 1.84 bits per heavy atom. The van der Waals surface area contributed by atoms with Crippen molar-refractivity contribution in [1.82, 2.24) is 20.3 Å². The van der Waals surface area contributed by atoms with Crippen molar-refractivity contribution < 1.29 is 18.7 Å². The Kier molecular flexibility index (Phi) is 8.12. The summed E-state index contributed by atoms with van der Waals surface area (Å²) in [7, 11) is 1.53. The number of carbonyl (C=O) groups excluding carboxylic acids is 2. The predicted octanol–water partition coefficient (Wildman–Crippen LogP) is 4.52. The van der Waals surface area contributed by atoms with Gasteiger partial charge in [-0.2, -0.15) is 0 Å². The van der Waals surface area contributed by atoms with Gasteiger partial charge in [0.1, 0.15) is 29.7 Å². The second-order valence-electron chi connectivity index (χ2n) is 9.13. The molecule has 1 atom stereocenters. The highest BCUT2D eigenvalue weighted by atomic mass is 19.1. The third kappa shape index (κ3) is 6.11. The summed E-state index contributed by atoms with van der Waals surface area (Å²) in [6, 6.07) is 18.8. The highest BCUT2D eigenvalue weighted by Gasteiger charge is 2.33. The van der Waals surface area contributed by atoms with Crippen molar-refractivity contribution in [2.24, 2.45) is 5.92 Å². The molecule has 1 N–H and O–H groups in total. The summed E-state index contributed by atoms with van der Waals surface area (Å²) in [4.78, 5) is 28.9. The summed E-state index contributed by atoms with van der Waals surface area (Å²) in [5.74, 6) is -0.433. The monoisotopic (exact) mass is 503 g/mol. The van der Waals surface area contributed by atoms with Gasteiger partial charge in [-0.15, -0.1) is 5.10 Å². The van der Waals surface area contributed by atoms with Crippen LogP contribution in [0.2, 0.25) is 0 Å². The molecule has 4 rings (SSSR count). The summed E-state index contributed by atoms with van der Waals surface area (Å²) in [5, 5.41) is 11.2. The zero-order valence-electron chi connectivity index (χ0n) is 21.1. The van der Waals surface area contributed by atoms with Crippen molar-refractivity contribution in [3.8, 4) is 5.75 Å². The Balaban J connectivity index is 1.78. The number of aromatic nitrogens is 3. The van der Waals surface area contributed by atoms with Gasteiger partial charge >= 0.3 is 0 Å². The van der Waals surface area contributed by atoms with E-state index in [9.17, 15) is 14.0 Å². The molecule has 0 saturated carbocycles. The molecule has 0 radical (unpaired) electrons. The van der Waals surface area contributed by atoms with E-state index in [0.29, 0.717) is 34.8 Å². The second kappa shape index (κ2) is 11.6. The first-order valence-electron chi connectivity index (χ1n) is 12.1. The molecule has 3 aromatic carbocycles. The van der Waals surface area contributed by atoms with Crippen LogP contribution in [0.3, 0.4) is 0 Å². The predicted molar refractivity (Wildman–Crippen MR) is 140 cm³/mol. The van der Waals surface area contributed by atoms with Crippen LogP contribution in [0.5, 0.6) is 5.75 Å². The minimum atomic E-state index is -1.08. The zero-order valence-corrected chi connectivity index (χ0v) is 21.1. The Morgan fingerprint density at radius 3 is 2.59 bits per heavy atom. The SMILES string of the molecule is COc1cccc([C@@H](C(=O)NCCC(C)C)N(C(=O)Cn2nnc3ccccc32)c2cccc(F)c2)c1. The van der Waals surface area contributed by atoms with Crippen molar-refractivity contribution in [2.45, 2.75) is 32.9 Å². The highest BCUT2D eigenvalue weighted by molar-refractivity contribution is 6.01. The third-order valence-corrected chi connectivity index (χ3v) is 6.00. The number of nitrogens with zero attached hydrogens (tertiary/aromatic N) is 4. The molecule has 0 fully saturated rings. The molecule has 8 nitrogen and oxygen atoms in total. The number of anilines is 1. The highest BCUT2D eigenvalue weighted by Crippen LogP contribution is 2.31. The van der Waals surface area contributed by atoms with E-state index >= 15 is 0 Å². The smallest absolute Gasteiger partial charge is 0.249 e. The molecule has 9 heteroatoms. The van der Waals surface area contributed by atoms with E-state index in [4.69, 9.17) is 4.74 Å². The minimum Gasteiger partial charge on any atom is -0.497 e. The molecule has 0 aliphatic heterocycles. The molecule has 2 amide bonds. The summed E-state index contributed by atoms with van der Waals surface area (Å²) in [5.41, 5.74) is 2.10. The van der Waals surface area contributed by atoms with E-state index in [1.54, 1.807) is 36.4 Å². The fourth-order valence-corrected chi connectivity index (χ4v) is 4.11. The number of rotatable bonds is 10. The normalized spacial score (nSPS) is 11.9. The maximum Gasteiger partial charge on any atom is 0.249 e. The summed E-state index contributed by atoms with van der Waals surface area (Å²) < 4.78 is 21.2. The molecule has 0 saturated heterocycles. The molecule has 4 aromatic rings. The number of nitrogens with one attached hydrogen (secondary N) is 1. The van der Waals surface area contributed by atoms with Crippen molar-refractivity contribution >= 4 is 28.5 Å². The molecule has 37 heavy (non-hydrogen) atoms. The van der Waals surface area contributed by atoms with Gasteiger partial charge in [0.25, 0.3) is 0 Å². The number of benzene rings is 3. The number of carbonyl (C=O) groups is 2. The number of fused-ring (bicyclic) bond motifs is 1. The van der Waals surface area contributed by atoms with Crippen LogP contribution in [0.25, 0.3) is 11.0 Å². The van der Waals surface area contributed by atoms with E-state index in [1.165, 1.54) is 34.9 Å². The van der Waals surface area contributed by atoms with Crippen molar-refractivity contribution in [2.75, 3.05) is 18.6 Å². The first-order valence-corrected chi connectivity index (χ1v) is 12.1. The average molecular weight is 504 g/mol. The van der Waals surface area contributed by atoms with E-state index in [2.05, 4.69) is 29.5 Å². The Labute approximate surface area is 215 Å². The first kappa shape index (κ1) is 25.8. The third-order valence-electron chi connectivity index (χ3n) is 6.00. The molecule has 0 bridgehead atoms. The number of ether oxygens (including phenoxy) is 1. The molecule has 1 aromatic heterocycles. The van der Waals surface area contributed by atoms with Gasteiger partial charge in [0.15, 0.2) is 0 Å². The number of amides is 2. The number of para-hydroxylation sites is 1. The van der Waals surface area contributed by atoms with Crippen LogP contribution in [0.1, 0.15) is 31.9 Å². The lowest BCUT2D eigenvalue weighted by molar-refractivity contribution is -0.127. The van der Waals surface area contributed by atoms with Gasteiger partial charge in [0.05, 0.1) is 12.6 Å². The maximum absolute atomic E-state index is 14.4. The van der Waals surface area contributed by atoms with E-state index in [1.807, 2.05) is 18.2 Å². The number of hydrogen-bond acceptors (Lipinski definition) is 5. The maximum atomic E-state index is 14.4. The standard InChI is InChI=1S/C28H30FN5O3/c1-19(2)14-15-30-28(36)27(20-8-6-11-23(16-20)37-3)34(22-10-7-9-21(29)17-22)26(35)18-33-25-13-5-4-12-24(25)31-32-33/h4-13,16-17,19,27H,14-15,18H2,1-3H3,(H,30,36)/t27-/m0/s1. The lowest BCUT2D eigenvalue weighted by Gasteiger charge is -2.32. The summed E-state index contributed by atoms with van der Waals surface area (Å²) in [6.45, 7) is 4.38. The van der Waals surface area contributed by atoms with E-state index < -0.39 is 17.8 Å². The van der Waals surface area contributed by atoms with Gasteiger partial charge in [-0.1, -0.05) is 49.4 Å². The Bertz CT molecular complexity index is 1390.